The molecule has 4 nitrogen and oxygen atoms in total. The number of pyridine rings is 1. The monoisotopic (exact) mass is 324 g/mol. The van der Waals surface area contributed by atoms with E-state index < -0.39 is 5.97 Å². The van der Waals surface area contributed by atoms with Gasteiger partial charge in [0.25, 0.3) is 0 Å². The Labute approximate surface area is 127 Å². The molecular weight excluding hydrogens is 319 g/mol. The number of aromatic carboxylic acids is 1. The molecule has 0 atom stereocenters. The number of carboxylic acids is 1. The highest BCUT2D eigenvalue weighted by Crippen LogP contribution is 2.34. The molecule has 0 amide bonds. The molecule has 1 N–H and O–H groups in total. The van der Waals surface area contributed by atoms with Gasteiger partial charge in [-0.3, -0.25) is 4.98 Å². The fourth-order valence-corrected chi connectivity index (χ4v) is 2.94. The SMILES string of the molecule is O=C(O)c1cc(-c2cncs2)nc2c(Cl)ccc(Cl)c12. The van der Waals surface area contributed by atoms with E-state index in [4.69, 9.17) is 23.2 Å². The zero-order valence-corrected chi connectivity index (χ0v) is 12.1. The van der Waals surface area contributed by atoms with Crippen molar-refractivity contribution in [2.45, 2.75) is 0 Å². The third-order valence-electron chi connectivity index (χ3n) is 2.78. The van der Waals surface area contributed by atoms with Gasteiger partial charge in [-0.1, -0.05) is 23.2 Å². The quantitative estimate of drug-likeness (QED) is 0.760. The van der Waals surface area contributed by atoms with Gasteiger partial charge in [0.1, 0.15) is 0 Å². The van der Waals surface area contributed by atoms with Gasteiger partial charge in [-0.25, -0.2) is 9.78 Å². The van der Waals surface area contributed by atoms with Crippen molar-refractivity contribution in [1.29, 1.82) is 0 Å². The normalized spacial score (nSPS) is 10.9. The van der Waals surface area contributed by atoms with Crippen LogP contribution in [-0.2, 0) is 0 Å². The van der Waals surface area contributed by atoms with Crippen molar-refractivity contribution in [2.75, 3.05) is 0 Å². The van der Waals surface area contributed by atoms with Gasteiger partial charge in [-0.2, -0.15) is 0 Å². The maximum absolute atomic E-state index is 11.5. The lowest BCUT2D eigenvalue weighted by atomic mass is 10.1. The van der Waals surface area contributed by atoms with E-state index >= 15 is 0 Å². The molecule has 0 fully saturated rings. The number of carboxylic acid groups (broad SMARTS) is 1. The molecule has 0 saturated heterocycles. The Hall–Kier alpha value is -1.69. The molecular formula is C13H6Cl2N2O2S. The van der Waals surface area contributed by atoms with Crippen LogP contribution < -0.4 is 0 Å². The average Bonchev–Trinajstić information content (AvgIpc) is 2.96. The van der Waals surface area contributed by atoms with Crippen LogP contribution in [-0.4, -0.2) is 21.0 Å². The zero-order valence-electron chi connectivity index (χ0n) is 9.80. The summed E-state index contributed by atoms with van der Waals surface area (Å²) in [7, 11) is 0. The molecule has 0 aliphatic carbocycles. The van der Waals surface area contributed by atoms with E-state index in [2.05, 4.69) is 9.97 Å². The summed E-state index contributed by atoms with van der Waals surface area (Å²) in [6.45, 7) is 0. The molecule has 7 heteroatoms. The Balaban J connectivity index is 2.43. The van der Waals surface area contributed by atoms with Gasteiger partial charge in [0.05, 0.1) is 37.2 Å². The van der Waals surface area contributed by atoms with Gasteiger partial charge >= 0.3 is 5.97 Å². The summed E-state index contributed by atoms with van der Waals surface area (Å²) in [5, 5.41) is 10.4. The molecule has 0 aliphatic heterocycles. The first-order valence-electron chi connectivity index (χ1n) is 5.49. The Bertz CT molecular complexity index is 819. The van der Waals surface area contributed by atoms with E-state index in [1.807, 2.05) is 0 Å². The van der Waals surface area contributed by atoms with Crippen LogP contribution in [0.25, 0.3) is 21.5 Å². The van der Waals surface area contributed by atoms with Gasteiger partial charge in [-0.05, 0) is 18.2 Å². The Morgan fingerprint density at radius 2 is 2.00 bits per heavy atom. The lowest BCUT2D eigenvalue weighted by Crippen LogP contribution is -2.00. The van der Waals surface area contributed by atoms with Crippen molar-refractivity contribution >= 4 is 51.4 Å². The fourth-order valence-electron chi connectivity index (χ4n) is 1.91. The van der Waals surface area contributed by atoms with Gasteiger partial charge < -0.3 is 5.11 Å². The van der Waals surface area contributed by atoms with Crippen molar-refractivity contribution in [2.24, 2.45) is 0 Å². The molecule has 0 bridgehead atoms. The van der Waals surface area contributed by atoms with Gasteiger partial charge in [0.2, 0.25) is 0 Å². The summed E-state index contributed by atoms with van der Waals surface area (Å²) in [5.74, 6) is -1.08. The van der Waals surface area contributed by atoms with Crippen molar-refractivity contribution in [3.05, 3.63) is 45.5 Å². The molecule has 3 rings (SSSR count). The van der Waals surface area contributed by atoms with E-state index in [1.54, 1.807) is 23.8 Å². The number of nitrogens with zero attached hydrogens (tertiary/aromatic N) is 2. The van der Waals surface area contributed by atoms with E-state index in [0.717, 1.165) is 4.88 Å². The maximum Gasteiger partial charge on any atom is 0.336 e. The average molecular weight is 325 g/mol. The van der Waals surface area contributed by atoms with Crippen LogP contribution in [0.1, 0.15) is 10.4 Å². The molecule has 0 unspecified atom stereocenters. The second kappa shape index (κ2) is 5.01. The summed E-state index contributed by atoms with van der Waals surface area (Å²) in [4.78, 5) is 20.6. The van der Waals surface area contributed by atoms with Gasteiger partial charge in [0, 0.05) is 11.6 Å². The standard InChI is InChI=1S/C13H6Cl2N2O2S/c14-7-1-2-8(15)12-11(7)6(13(18)19)3-9(17-12)10-4-16-5-20-10/h1-5H,(H,18,19). The highest BCUT2D eigenvalue weighted by Gasteiger charge is 2.17. The number of aromatic nitrogens is 2. The van der Waals surface area contributed by atoms with Crippen LogP contribution in [0.2, 0.25) is 10.0 Å². The van der Waals surface area contributed by atoms with E-state index in [-0.39, 0.29) is 5.56 Å². The zero-order chi connectivity index (χ0) is 14.3. The lowest BCUT2D eigenvalue weighted by molar-refractivity contribution is 0.0699. The number of rotatable bonds is 2. The Kier molecular flexibility index (Phi) is 3.33. The summed E-state index contributed by atoms with van der Waals surface area (Å²) in [6, 6.07) is 4.65. The number of thiazole rings is 1. The molecule has 2 aromatic heterocycles. The molecule has 0 saturated carbocycles. The topological polar surface area (TPSA) is 63.1 Å². The van der Waals surface area contributed by atoms with E-state index in [1.165, 1.54) is 17.4 Å². The number of fused-ring (bicyclic) bond motifs is 1. The molecule has 0 aliphatic rings. The van der Waals surface area contributed by atoms with Crippen molar-refractivity contribution in [1.82, 2.24) is 9.97 Å². The smallest absolute Gasteiger partial charge is 0.336 e. The number of hydrogen-bond acceptors (Lipinski definition) is 4. The second-order valence-corrected chi connectivity index (χ2v) is 5.68. The van der Waals surface area contributed by atoms with E-state index in [9.17, 15) is 9.90 Å². The first-order chi connectivity index (χ1) is 9.58. The van der Waals surface area contributed by atoms with Crippen LogP contribution in [0.3, 0.4) is 0 Å². The molecule has 0 spiro atoms. The molecule has 100 valence electrons. The summed E-state index contributed by atoms with van der Waals surface area (Å²) in [6.07, 6.45) is 1.63. The molecule has 3 aromatic rings. The number of halogens is 2. The highest BCUT2D eigenvalue weighted by atomic mass is 35.5. The second-order valence-electron chi connectivity index (χ2n) is 3.98. The van der Waals surface area contributed by atoms with E-state index in [0.29, 0.717) is 26.6 Å². The largest absolute Gasteiger partial charge is 0.478 e. The molecule has 0 radical (unpaired) electrons. The lowest BCUT2D eigenvalue weighted by Gasteiger charge is -2.08. The third-order valence-corrected chi connectivity index (χ3v) is 4.19. The summed E-state index contributed by atoms with van der Waals surface area (Å²) < 4.78 is 0. The highest BCUT2D eigenvalue weighted by molar-refractivity contribution is 7.13. The van der Waals surface area contributed by atoms with Gasteiger partial charge in [0.15, 0.2) is 0 Å². The third kappa shape index (κ3) is 2.14. The van der Waals surface area contributed by atoms with Crippen molar-refractivity contribution < 1.29 is 9.90 Å². The number of hydrogen-bond donors (Lipinski definition) is 1. The summed E-state index contributed by atoms with van der Waals surface area (Å²) in [5.41, 5.74) is 2.62. The fraction of sp³-hybridized carbons (Fsp3) is 0. The van der Waals surface area contributed by atoms with Crippen LogP contribution in [0.4, 0.5) is 0 Å². The van der Waals surface area contributed by atoms with Crippen molar-refractivity contribution in [3.63, 3.8) is 0 Å². The minimum atomic E-state index is -1.08. The maximum atomic E-state index is 11.5. The van der Waals surface area contributed by atoms with Crippen LogP contribution >= 0.6 is 34.5 Å². The molecule has 1 aromatic carbocycles. The Morgan fingerprint density at radius 1 is 1.25 bits per heavy atom. The molecule has 2 heterocycles. The predicted molar refractivity (Wildman–Crippen MR) is 79.8 cm³/mol. The van der Waals surface area contributed by atoms with Crippen LogP contribution in [0, 0.1) is 0 Å². The van der Waals surface area contributed by atoms with Crippen molar-refractivity contribution in [3.8, 4) is 10.6 Å². The first kappa shape index (κ1) is 13.3. The number of carbonyl (C=O) groups is 1. The van der Waals surface area contributed by atoms with Crippen LogP contribution in [0.15, 0.2) is 29.9 Å². The minimum Gasteiger partial charge on any atom is -0.478 e. The summed E-state index contributed by atoms with van der Waals surface area (Å²) >= 11 is 13.6. The van der Waals surface area contributed by atoms with Gasteiger partial charge in [-0.15, -0.1) is 11.3 Å². The first-order valence-corrected chi connectivity index (χ1v) is 7.12. The number of benzene rings is 1. The minimum absolute atomic E-state index is 0.0749. The molecule has 20 heavy (non-hydrogen) atoms. The predicted octanol–water partition coefficient (Wildman–Crippen LogP) is 4.36. The van der Waals surface area contributed by atoms with Crippen LogP contribution in [0.5, 0.6) is 0 Å². The Morgan fingerprint density at radius 3 is 2.65 bits per heavy atom.